The normalized spacial score (nSPS) is 8.11. The van der Waals surface area contributed by atoms with Crippen LogP contribution in [0.15, 0.2) is 24.3 Å². The number of phenols is 1. The van der Waals surface area contributed by atoms with Crippen molar-refractivity contribution in [2.75, 3.05) is 0 Å². The predicted octanol–water partition coefficient (Wildman–Crippen LogP) is 1.53. The fourth-order valence-electron chi connectivity index (χ4n) is 0.441. The largest absolute Gasteiger partial charge is 0.508 e. The Kier molecular flexibility index (Phi) is 3.45. The molecule has 0 heterocycles. The van der Waals surface area contributed by atoms with Crippen molar-refractivity contribution in [3.05, 3.63) is 30.1 Å². The zero-order chi connectivity index (χ0) is 5.98. The van der Waals surface area contributed by atoms with Gasteiger partial charge in [-0.1, -0.05) is 0 Å². The van der Waals surface area contributed by atoms with Gasteiger partial charge in [0, 0.05) is 20.4 Å². The zero-order valence-electron chi connectivity index (χ0n) is 4.45. The fraction of sp³-hybridized carbons (Fsp3) is 0. The third-order valence-electron chi connectivity index (χ3n) is 0.827. The molecule has 9 heavy (non-hydrogen) atoms. The van der Waals surface area contributed by atoms with E-state index in [1.165, 1.54) is 24.3 Å². The number of aromatic hydroxyl groups is 1. The molecule has 0 aromatic heterocycles. The number of hydrogen-bond acceptors (Lipinski definition) is 1. The van der Waals surface area contributed by atoms with Crippen molar-refractivity contribution in [2.24, 2.45) is 0 Å². The summed E-state index contributed by atoms with van der Waals surface area (Å²) in [4.78, 5) is 0. The van der Waals surface area contributed by atoms with Gasteiger partial charge < -0.3 is 5.11 Å². The number of halogens is 1. The van der Waals surface area contributed by atoms with Crippen molar-refractivity contribution in [2.45, 2.75) is 0 Å². The monoisotopic (exact) mass is 218 g/mol. The van der Waals surface area contributed by atoms with Gasteiger partial charge in [0.05, 0.1) is 0 Å². The van der Waals surface area contributed by atoms with Crippen molar-refractivity contribution in [3.8, 4) is 5.75 Å². The topological polar surface area (TPSA) is 20.2 Å². The molecule has 0 atom stereocenters. The van der Waals surface area contributed by atoms with Crippen LogP contribution in [-0.2, 0) is 20.4 Å². The second-order valence-electron chi connectivity index (χ2n) is 1.48. The van der Waals surface area contributed by atoms with E-state index in [0.717, 1.165) is 0 Å². The van der Waals surface area contributed by atoms with Crippen LogP contribution in [0.25, 0.3) is 0 Å². The fourth-order valence-corrected chi connectivity index (χ4v) is 0.441. The summed E-state index contributed by atoms with van der Waals surface area (Å²) in [5, 5.41) is 8.59. The first-order chi connectivity index (χ1) is 3.79. The molecule has 1 N–H and O–H groups in total. The molecule has 0 amide bonds. The van der Waals surface area contributed by atoms with E-state index in [1.54, 1.807) is 0 Å². The van der Waals surface area contributed by atoms with Gasteiger partial charge in [-0.15, -0.1) is 0 Å². The van der Waals surface area contributed by atoms with Gasteiger partial charge in [-0.25, -0.2) is 4.39 Å². The van der Waals surface area contributed by atoms with E-state index in [9.17, 15) is 4.39 Å². The molecule has 0 bridgehead atoms. The first-order valence-corrected chi connectivity index (χ1v) is 2.23. The van der Waals surface area contributed by atoms with Gasteiger partial charge in [0.25, 0.3) is 0 Å². The minimum absolute atomic E-state index is 0. The van der Waals surface area contributed by atoms with Gasteiger partial charge >= 0.3 is 0 Å². The Hall–Kier alpha value is -0.388. The number of rotatable bonds is 0. The van der Waals surface area contributed by atoms with Crippen LogP contribution in [0.5, 0.6) is 5.75 Å². The predicted molar refractivity (Wildman–Crippen MR) is 28.1 cm³/mol. The molecule has 1 nitrogen and oxygen atoms in total. The molecule has 1 rings (SSSR count). The summed E-state index contributed by atoms with van der Waals surface area (Å²) in [6.45, 7) is 0. The van der Waals surface area contributed by atoms with Crippen LogP contribution in [0, 0.1) is 5.82 Å². The summed E-state index contributed by atoms with van der Waals surface area (Å²) < 4.78 is 12.0. The average Bonchev–Trinajstić information content (AvgIpc) is 1.77. The molecule has 0 saturated carbocycles. The van der Waals surface area contributed by atoms with Gasteiger partial charge in [0.15, 0.2) is 0 Å². The van der Waals surface area contributed by atoms with Crippen LogP contribution in [0.1, 0.15) is 0 Å². The Labute approximate surface area is 66.2 Å². The van der Waals surface area contributed by atoms with E-state index < -0.39 is 0 Å². The maximum Gasteiger partial charge on any atom is 0.123 e. The molecule has 0 aliphatic rings. The van der Waals surface area contributed by atoms with Gasteiger partial charge in [0.1, 0.15) is 11.6 Å². The quantitative estimate of drug-likeness (QED) is 0.655. The molecule has 0 aliphatic heterocycles. The van der Waals surface area contributed by atoms with Crippen molar-refractivity contribution in [1.82, 2.24) is 0 Å². The molecule has 0 spiro atoms. The Morgan fingerprint density at radius 3 is 1.89 bits per heavy atom. The molecule has 0 aliphatic carbocycles. The molecule has 1 aromatic carbocycles. The maximum atomic E-state index is 12.0. The number of phenolic OH excluding ortho intramolecular Hbond substituents is 1. The zero-order valence-corrected chi connectivity index (χ0v) is 6.01. The third-order valence-corrected chi connectivity index (χ3v) is 0.827. The van der Waals surface area contributed by atoms with Crippen LogP contribution in [-0.4, -0.2) is 5.11 Å². The van der Waals surface area contributed by atoms with Crippen molar-refractivity contribution in [3.63, 3.8) is 0 Å². The molecular weight excluding hydrogens is 213 g/mol. The summed E-state index contributed by atoms with van der Waals surface area (Å²) in [7, 11) is 0. The number of benzene rings is 1. The van der Waals surface area contributed by atoms with Crippen molar-refractivity contribution in [1.29, 1.82) is 0 Å². The van der Waals surface area contributed by atoms with Gasteiger partial charge in [-0.2, -0.15) is 0 Å². The Balaban J connectivity index is 0.000000640. The summed E-state index contributed by atoms with van der Waals surface area (Å²) in [5.74, 6) is -0.241. The SMILES string of the molecule is Oc1ccc(F)cc1.[Pd]. The maximum absolute atomic E-state index is 12.0. The van der Waals surface area contributed by atoms with Crippen LogP contribution in [0.3, 0.4) is 0 Å². The minimum Gasteiger partial charge on any atom is -0.508 e. The summed E-state index contributed by atoms with van der Waals surface area (Å²) in [6, 6.07) is 5.01. The Morgan fingerprint density at radius 2 is 1.56 bits per heavy atom. The van der Waals surface area contributed by atoms with Gasteiger partial charge in [-0.05, 0) is 24.3 Å². The Morgan fingerprint density at radius 1 is 1.11 bits per heavy atom. The second-order valence-corrected chi connectivity index (χ2v) is 1.48. The van der Waals surface area contributed by atoms with E-state index in [2.05, 4.69) is 0 Å². The van der Waals surface area contributed by atoms with Crippen LogP contribution in [0.2, 0.25) is 0 Å². The summed E-state index contributed by atoms with van der Waals surface area (Å²) in [6.07, 6.45) is 0. The summed E-state index contributed by atoms with van der Waals surface area (Å²) in [5.41, 5.74) is 0. The van der Waals surface area contributed by atoms with E-state index in [-0.39, 0.29) is 32.0 Å². The van der Waals surface area contributed by atoms with Crippen molar-refractivity contribution >= 4 is 0 Å². The second kappa shape index (κ2) is 3.60. The van der Waals surface area contributed by atoms with Crippen LogP contribution in [0.4, 0.5) is 4.39 Å². The molecule has 0 saturated heterocycles. The van der Waals surface area contributed by atoms with E-state index in [1.807, 2.05) is 0 Å². The average molecular weight is 219 g/mol. The minimum atomic E-state index is -0.331. The van der Waals surface area contributed by atoms with Crippen LogP contribution < -0.4 is 0 Å². The summed E-state index contributed by atoms with van der Waals surface area (Å²) >= 11 is 0. The molecule has 52 valence electrons. The van der Waals surface area contributed by atoms with Gasteiger partial charge in [0.2, 0.25) is 0 Å². The molecule has 1 aromatic rings. The molecule has 0 unspecified atom stereocenters. The van der Waals surface area contributed by atoms with E-state index in [4.69, 9.17) is 5.11 Å². The number of hydrogen-bond donors (Lipinski definition) is 1. The molecular formula is C6H5FOPd. The standard InChI is InChI=1S/C6H5FO.Pd/c7-5-1-3-6(8)4-2-5;/h1-4,8H;. The third kappa shape index (κ3) is 2.60. The van der Waals surface area contributed by atoms with Crippen LogP contribution >= 0.6 is 0 Å². The van der Waals surface area contributed by atoms with E-state index in [0.29, 0.717) is 0 Å². The smallest absolute Gasteiger partial charge is 0.123 e. The van der Waals surface area contributed by atoms with E-state index >= 15 is 0 Å². The Bertz CT molecular complexity index is 152. The molecule has 0 fully saturated rings. The first-order valence-electron chi connectivity index (χ1n) is 2.23. The molecule has 3 heteroatoms. The van der Waals surface area contributed by atoms with Crippen molar-refractivity contribution < 1.29 is 29.9 Å². The molecule has 0 radical (unpaired) electrons. The van der Waals surface area contributed by atoms with Gasteiger partial charge in [-0.3, -0.25) is 0 Å². The first kappa shape index (κ1) is 8.61.